The third-order valence-corrected chi connectivity index (χ3v) is 5.95. The molecule has 0 amide bonds. The third-order valence-electron chi connectivity index (χ3n) is 5.95. The zero-order valence-corrected chi connectivity index (χ0v) is 22.6. The van der Waals surface area contributed by atoms with Gasteiger partial charge in [-0.15, -0.1) is 0 Å². The maximum absolute atomic E-state index is 12.2. The zero-order chi connectivity index (χ0) is 28.7. The Labute approximate surface area is 226 Å². The fourth-order valence-electron chi connectivity index (χ4n) is 4.40. The van der Waals surface area contributed by atoms with Gasteiger partial charge in [-0.2, -0.15) is 0 Å². The number of carbonyl (C=O) groups is 4. The van der Waals surface area contributed by atoms with Crippen LogP contribution in [0.15, 0.2) is 42.5 Å². The molecular formula is C28H32O11. The molecule has 2 aromatic carbocycles. The number of rotatable bonds is 9. The highest BCUT2D eigenvalue weighted by molar-refractivity contribution is 5.70. The Morgan fingerprint density at radius 2 is 1.26 bits per heavy atom. The van der Waals surface area contributed by atoms with Crippen molar-refractivity contribution in [2.24, 2.45) is 0 Å². The monoisotopic (exact) mass is 544 g/mol. The van der Waals surface area contributed by atoms with Crippen LogP contribution in [0.3, 0.4) is 0 Å². The Balaban J connectivity index is 2.16. The van der Waals surface area contributed by atoms with Crippen molar-refractivity contribution < 1.29 is 52.3 Å². The van der Waals surface area contributed by atoms with Crippen LogP contribution in [-0.4, -0.2) is 69.1 Å². The SMILES string of the molecule is COc1ccc(-c2ccc(OC)c([C@@H]3O[C@H](COC(C)=O)[C@H](OC(C)=O)[C@H](OC(C)=O)[C@H]3OC(C)=O)c2)cc1. The van der Waals surface area contributed by atoms with E-state index in [9.17, 15) is 19.2 Å². The number of carbonyl (C=O) groups excluding carboxylic acids is 4. The highest BCUT2D eigenvalue weighted by Gasteiger charge is 2.53. The Kier molecular flexibility index (Phi) is 9.89. The average molecular weight is 545 g/mol. The molecule has 1 fully saturated rings. The van der Waals surface area contributed by atoms with E-state index in [1.807, 2.05) is 30.3 Å². The van der Waals surface area contributed by atoms with Crippen LogP contribution in [0.2, 0.25) is 0 Å². The van der Waals surface area contributed by atoms with E-state index in [2.05, 4.69) is 0 Å². The lowest BCUT2D eigenvalue weighted by Gasteiger charge is -2.44. The van der Waals surface area contributed by atoms with Crippen LogP contribution in [0.25, 0.3) is 11.1 Å². The van der Waals surface area contributed by atoms with Crippen LogP contribution < -0.4 is 9.47 Å². The van der Waals surface area contributed by atoms with Crippen LogP contribution in [0, 0.1) is 0 Å². The van der Waals surface area contributed by atoms with Gasteiger partial charge in [0.05, 0.1) is 14.2 Å². The molecule has 5 atom stereocenters. The van der Waals surface area contributed by atoms with Gasteiger partial charge in [-0.3, -0.25) is 19.2 Å². The predicted molar refractivity (Wildman–Crippen MR) is 136 cm³/mol. The summed E-state index contributed by atoms with van der Waals surface area (Å²) in [6.07, 6.45) is -5.93. The zero-order valence-electron chi connectivity index (χ0n) is 22.6. The number of benzene rings is 2. The molecule has 1 heterocycles. The van der Waals surface area contributed by atoms with Gasteiger partial charge in [0.15, 0.2) is 18.3 Å². The molecule has 0 saturated carbocycles. The van der Waals surface area contributed by atoms with Gasteiger partial charge < -0.3 is 33.2 Å². The molecule has 11 heteroatoms. The van der Waals surface area contributed by atoms with E-state index in [0.717, 1.165) is 11.1 Å². The lowest BCUT2D eigenvalue weighted by molar-refractivity contribution is -0.254. The van der Waals surface area contributed by atoms with Crippen LogP contribution in [-0.2, 0) is 42.9 Å². The maximum atomic E-state index is 12.2. The van der Waals surface area contributed by atoms with Crippen molar-refractivity contribution in [2.45, 2.75) is 58.2 Å². The first kappa shape index (κ1) is 29.4. The molecule has 0 bridgehead atoms. The summed E-state index contributed by atoms with van der Waals surface area (Å²) in [5.74, 6) is -1.61. The highest BCUT2D eigenvalue weighted by Crippen LogP contribution is 2.42. The van der Waals surface area contributed by atoms with Gasteiger partial charge in [0.2, 0.25) is 0 Å². The second kappa shape index (κ2) is 13.1. The fraction of sp³-hybridized carbons (Fsp3) is 0.429. The molecule has 0 aromatic heterocycles. The van der Waals surface area contributed by atoms with Crippen LogP contribution in [0.5, 0.6) is 11.5 Å². The van der Waals surface area contributed by atoms with E-state index in [0.29, 0.717) is 17.1 Å². The Bertz CT molecular complexity index is 1190. The molecule has 0 spiro atoms. The van der Waals surface area contributed by atoms with Gasteiger partial charge in [0, 0.05) is 33.3 Å². The number of ether oxygens (including phenoxy) is 7. The van der Waals surface area contributed by atoms with Crippen LogP contribution in [0.4, 0.5) is 0 Å². The summed E-state index contributed by atoms with van der Waals surface area (Å²) >= 11 is 0. The van der Waals surface area contributed by atoms with Crippen molar-refractivity contribution in [3.05, 3.63) is 48.0 Å². The minimum absolute atomic E-state index is 0.325. The van der Waals surface area contributed by atoms with Crippen LogP contribution in [0.1, 0.15) is 39.4 Å². The first-order valence-electron chi connectivity index (χ1n) is 12.2. The van der Waals surface area contributed by atoms with Crippen molar-refractivity contribution in [1.82, 2.24) is 0 Å². The molecule has 0 aliphatic carbocycles. The molecule has 0 N–H and O–H groups in total. The van der Waals surface area contributed by atoms with E-state index >= 15 is 0 Å². The molecule has 11 nitrogen and oxygen atoms in total. The normalized spacial score (nSPS) is 22.3. The minimum atomic E-state index is -1.29. The Morgan fingerprint density at radius 1 is 0.692 bits per heavy atom. The van der Waals surface area contributed by atoms with Gasteiger partial charge in [-0.05, 0) is 35.4 Å². The van der Waals surface area contributed by atoms with Crippen molar-refractivity contribution >= 4 is 23.9 Å². The summed E-state index contributed by atoms with van der Waals surface area (Å²) in [5.41, 5.74) is 2.09. The molecule has 3 rings (SSSR count). The largest absolute Gasteiger partial charge is 0.497 e. The first-order chi connectivity index (χ1) is 18.5. The summed E-state index contributed by atoms with van der Waals surface area (Å²) in [7, 11) is 3.04. The summed E-state index contributed by atoms with van der Waals surface area (Å²) in [6, 6.07) is 12.7. The lowest BCUT2D eigenvalue weighted by atomic mass is 9.88. The topological polar surface area (TPSA) is 133 Å². The standard InChI is InChI=1S/C28H32O11/c1-15(29)35-14-24-26(36-16(2)30)28(38-18(4)32)27(37-17(3)31)25(39-24)22-13-20(9-12-23(22)34-6)19-7-10-21(33-5)11-8-19/h7-13,24-28H,14H2,1-6H3/t24-,25+,26+,27+,28+/m1/s1. The summed E-state index contributed by atoms with van der Waals surface area (Å²) in [6.45, 7) is 4.43. The molecule has 1 aliphatic heterocycles. The fourth-order valence-corrected chi connectivity index (χ4v) is 4.40. The van der Waals surface area contributed by atoms with E-state index in [1.54, 1.807) is 19.2 Å². The van der Waals surface area contributed by atoms with Crippen molar-refractivity contribution in [3.8, 4) is 22.6 Å². The van der Waals surface area contributed by atoms with Crippen molar-refractivity contribution in [1.29, 1.82) is 0 Å². The third kappa shape index (κ3) is 7.47. The molecule has 1 saturated heterocycles. The average Bonchev–Trinajstić information content (AvgIpc) is 2.88. The Hall–Kier alpha value is -4.12. The maximum Gasteiger partial charge on any atom is 0.303 e. The van der Waals surface area contributed by atoms with Gasteiger partial charge in [0.25, 0.3) is 0 Å². The molecular weight excluding hydrogens is 512 g/mol. The van der Waals surface area contributed by atoms with Gasteiger partial charge in [-0.25, -0.2) is 0 Å². The summed E-state index contributed by atoms with van der Waals surface area (Å²) in [4.78, 5) is 48.0. The van der Waals surface area contributed by atoms with Gasteiger partial charge in [0.1, 0.15) is 30.3 Å². The predicted octanol–water partition coefficient (Wildman–Crippen LogP) is 3.17. The van der Waals surface area contributed by atoms with E-state index in [4.69, 9.17) is 33.2 Å². The second-order valence-corrected chi connectivity index (χ2v) is 8.81. The van der Waals surface area contributed by atoms with E-state index in [-0.39, 0.29) is 6.61 Å². The lowest BCUT2D eigenvalue weighted by Crippen LogP contribution is -2.59. The first-order valence-corrected chi connectivity index (χ1v) is 12.2. The molecule has 0 radical (unpaired) electrons. The Morgan fingerprint density at radius 3 is 1.79 bits per heavy atom. The summed E-state index contributed by atoms with van der Waals surface area (Å²) < 4.78 is 38.9. The number of hydrogen-bond donors (Lipinski definition) is 0. The number of methoxy groups -OCH3 is 2. The number of hydrogen-bond acceptors (Lipinski definition) is 11. The summed E-state index contributed by atoms with van der Waals surface area (Å²) in [5, 5.41) is 0. The number of esters is 4. The van der Waals surface area contributed by atoms with Crippen molar-refractivity contribution in [3.63, 3.8) is 0 Å². The highest BCUT2D eigenvalue weighted by atomic mass is 16.7. The minimum Gasteiger partial charge on any atom is -0.497 e. The van der Waals surface area contributed by atoms with Crippen molar-refractivity contribution in [2.75, 3.05) is 20.8 Å². The van der Waals surface area contributed by atoms with Gasteiger partial charge in [-0.1, -0.05) is 18.2 Å². The molecule has 1 aliphatic rings. The smallest absolute Gasteiger partial charge is 0.303 e. The van der Waals surface area contributed by atoms with Gasteiger partial charge >= 0.3 is 23.9 Å². The van der Waals surface area contributed by atoms with Crippen LogP contribution >= 0.6 is 0 Å². The quantitative estimate of drug-likeness (QED) is 0.340. The van der Waals surface area contributed by atoms with E-state index < -0.39 is 54.4 Å². The molecule has 0 unspecified atom stereocenters. The molecule has 39 heavy (non-hydrogen) atoms. The second-order valence-electron chi connectivity index (χ2n) is 8.81. The molecule has 2 aromatic rings. The molecule has 210 valence electrons. The van der Waals surface area contributed by atoms with E-state index in [1.165, 1.54) is 34.8 Å².